The maximum absolute atomic E-state index is 3.29. The van der Waals surface area contributed by atoms with Crippen molar-refractivity contribution in [3.8, 4) is 11.8 Å². The molecule has 1 aromatic heterocycles. The van der Waals surface area contributed by atoms with Crippen LogP contribution in [0.25, 0.3) is 10.1 Å². The van der Waals surface area contributed by atoms with Gasteiger partial charge in [-0.3, -0.25) is 0 Å². The second-order valence-electron chi connectivity index (χ2n) is 2.58. The molecular weight excluding hydrogens is 244 g/mol. The van der Waals surface area contributed by atoms with E-state index in [1.807, 2.05) is 6.07 Å². The quantitative estimate of drug-likeness (QED) is 0.495. The van der Waals surface area contributed by atoms with E-state index >= 15 is 0 Å². The molecule has 0 bridgehead atoms. The first-order valence-electron chi connectivity index (χ1n) is 3.93. The van der Waals surface area contributed by atoms with Crippen LogP contribution in [0.5, 0.6) is 0 Å². The van der Waals surface area contributed by atoms with Crippen LogP contribution in [0.3, 0.4) is 0 Å². The van der Waals surface area contributed by atoms with E-state index in [0.717, 1.165) is 10.9 Å². The Balaban J connectivity index is 2.58. The van der Waals surface area contributed by atoms with Crippen LogP contribution in [0, 0.1) is 11.8 Å². The smallest absolute Gasteiger partial charge is 0.0649 e. The summed E-state index contributed by atoms with van der Waals surface area (Å²) in [6.45, 7) is 0. The third-order valence-corrected chi connectivity index (χ3v) is 3.01. The summed E-state index contributed by atoms with van der Waals surface area (Å²) in [7, 11) is 0. The van der Waals surface area contributed by atoms with Crippen molar-refractivity contribution in [1.29, 1.82) is 0 Å². The number of rotatable bonds is 0. The molecule has 0 N–H and O–H groups in total. The lowest BCUT2D eigenvalue weighted by Gasteiger charge is -1.87. The minimum atomic E-state index is 0.733. The first kappa shape index (κ1) is 8.80. The van der Waals surface area contributed by atoms with E-state index in [1.54, 1.807) is 11.3 Å². The molecule has 1 heterocycles. The molecular formula is C11H7BrS. The van der Waals surface area contributed by atoms with Crippen molar-refractivity contribution in [2.24, 2.45) is 0 Å². The van der Waals surface area contributed by atoms with Crippen molar-refractivity contribution in [3.63, 3.8) is 0 Å². The summed E-state index contributed by atoms with van der Waals surface area (Å²) in [5.74, 6) is 6.15. The second-order valence-corrected chi connectivity index (χ2v) is 4.05. The SMILES string of the molecule is BrCC#Cc1csc2ccccc12. The Bertz CT molecular complexity index is 473. The molecule has 0 saturated carbocycles. The first-order chi connectivity index (χ1) is 6.42. The van der Waals surface area contributed by atoms with Gasteiger partial charge in [0.2, 0.25) is 0 Å². The molecule has 1 aromatic carbocycles. The first-order valence-corrected chi connectivity index (χ1v) is 5.93. The van der Waals surface area contributed by atoms with Crippen LogP contribution >= 0.6 is 27.3 Å². The van der Waals surface area contributed by atoms with E-state index in [2.05, 4.69) is 51.3 Å². The number of fused-ring (bicyclic) bond motifs is 1. The molecule has 0 radical (unpaired) electrons. The molecule has 0 atom stereocenters. The summed E-state index contributed by atoms with van der Waals surface area (Å²) in [6.07, 6.45) is 0. The Kier molecular flexibility index (Phi) is 2.68. The number of thiophene rings is 1. The van der Waals surface area contributed by atoms with E-state index in [4.69, 9.17) is 0 Å². The Hall–Kier alpha value is -0.780. The van der Waals surface area contributed by atoms with Crippen molar-refractivity contribution in [2.75, 3.05) is 5.33 Å². The highest BCUT2D eigenvalue weighted by Gasteiger charge is 1.98. The summed E-state index contributed by atoms with van der Waals surface area (Å²) in [5.41, 5.74) is 1.14. The molecule has 0 aliphatic carbocycles. The predicted molar refractivity (Wildman–Crippen MR) is 62.5 cm³/mol. The van der Waals surface area contributed by atoms with Crippen LogP contribution < -0.4 is 0 Å². The van der Waals surface area contributed by atoms with Crippen LogP contribution in [0.4, 0.5) is 0 Å². The molecule has 2 aromatic rings. The number of benzene rings is 1. The van der Waals surface area contributed by atoms with Gasteiger partial charge in [-0.25, -0.2) is 0 Å². The minimum absolute atomic E-state index is 0.733. The summed E-state index contributed by atoms with van der Waals surface area (Å²) in [4.78, 5) is 0. The fourth-order valence-corrected chi connectivity index (χ4v) is 2.24. The van der Waals surface area contributed by atoms with Gasteiger partial charge >= 0.3 is 0 Å². The summed E-state index contributed by atoms with van der Waals surface area (Å²) >= 11 is 5.04. The highest BCUT2D eigenvalue weighted by molar-refractivity contribution is 9.09. The van der Waals surface area contributed by atoms with Gasteiger partial charge < -0.3 is 0 Å². The Morgan fingerprint density at radius 3 is 3.00 bits per heavy atom. The monoisotopic (exact) mass is 250 g/mol. The molecule has 13 heavy (non-hydrogen) atoms. The third kappa shape index (κ3) is 1.77. The van der Waals surface area contributed by atoms with E-state index in [1.165, 1.54) is 10.1 Å². The van der Waals surface area contributed by atoms with Gasteiger partial charge in [0.25, 0.3) is 0 Å². The summed E-state index contributed by atoms with van der Waals surface area (Å²) < 4.78 is 1.31. The standard InChI is InChI=1S/C11H7BrS/c12-7-3-4-9-8-13-11-6-2-1-5-10(9)11/h1-2,5-6,8H,7H2. The molecule has 0 nitrogen and oxygen atoms in total. The Morgan fingerprint density at radius 2 is 2.15 bits per heavy atom. The van der Waals surface area contributed by atoms with Gasteiger partial charge in [0.1, 0.15) is 0 Å². The van der Waals surface area contributed by atoms with Crippen LogP contribution in [0.1, 0.15) is 5.56 Å². The summed E-state index contributed by atoms with van der Waals surface area (Å²) in [6, 6.07) is 8.35. The van der Waals surface area contributed by atoms with Gasteiger partial charge in [-0.15, -0.1) is 11.3 Å². The average molecular weight is 251 g/mol. The number of hydrogen-bond acceptors (Lipinski definition) is 1. The molecule has 2 rings (SSSR count). The van der Waals surface area contributed by atoms with Crippen molar-refractivity contribution < 1.29 is 0 Å². The van der Waals surface area contributed by atoms with Crippen LogP contribution in [-0.2, 0) is 0 Å². The third-order valence-electron chi connectivity index (χ3n) is 1.77. The van der Waals surface area contributed by atoms with Crippen molar-refractivity contribution in [3.05, 3.63) is 35.2 Å². The number of halogens is 1. The molecule has 2 heteroatoms. The zero-order valence-corrected chi connectivity index (χ0v) is 9.28. The van der Waals surface area contributed by atoms with Gasteiger partial charge in [-0.2, -0.15) is 0 Å². The lowest BCUT2D eigenvalue weighted by Crippen LogP contribution is -1.69. The van der Waals surface area contributed by atoms with Gasteiger partial charge in [-0.05, 0) is 6.07 Å². The number of hydrogen-bond donors (Lipinski definition) is 0. The van der Waals surface area contributed by atoms with Crippen LogP contribution in [0.15, 0.2) is 29.6 Å². The fourth-order valence-electron chi connectivity index (χ4n) is 1.20. The highest BCUT2D eigenvalue weighted by Crippen LogP contribution is 2.24. The average Bonchev–Trinajstić information content (AvgIpc) is 2.58. The van der Waals surface area contributed by atoms with E-state index in [9.17, 15) is 0 Å². The normalized spacial score (nSPS) is 9.62. The van der Waals surface area contributed by atoms with Crippen molar-refractivity contribution in [1.82, 2.24) is 0 Å². The molecule has 0 aliphatic heterocycles. The molecule has 0 unspecified atom stereocenters. The lowest BCUT2D eigenvalue weighted by molar-refractivity contribution is 1.82. The van der Waals surface area contributed by atoms with Crippen LogP contribution in [-0.4, -0.2) is 5.33 Å². The largest absolute Gasteiger partial charge is 0.142 e. The fraction of sp³-hybridized carbons (Fsp3) is 0.0909. The molecule has 0 aliphatic rings. The highest BCUT2D eigenvalue weighted by atomic mass is 79.9. The zero-order chi connectivity index (χ0) is 9.10. The van der Waals surface area contributed by atoms with Crippen molar-refractivity contribution >= 4 is 37.4 Å². The van der Waals surface area contributed by atoms with Gasteiger partial charge in [0.05, 0.1) is 5.33 Å². The maximum Gasteiger partial charge on any atom is 0.0649 e. The van der Waals surface area contributed by atoms with E-state index in [-0.39, 0.29) is 0 Å². The molecule has 64 valence electrons. The Labute approximate surface area is 89.7 Å². The van der Waals surface area contributed by atoms with E-state index in [0.29, 0.717) is 0 Å². The van der Waals surface area contributed by atoms with Crippen LogP contribution in [0.2, 0.25) is 0 Å². The molecule has 0 amide bonds. The molecule has 0 saturated heterocycles. The van der Waals surface area contributed by atoms with Gasteiger partial charge in [-0.1, -0.05) is 46.0 Å². The molecule has 0 fully saturated rings. The number of alkyl halides is 1. The zero-order valence-electron chi connectivity index (χ0n) is 6.88. The van der Waals surface area contributed by atoms with Crippen molar-refractivity contribution in [2.45, 2.75) is 0 Å². The minimum Gasteiger partial charge on any atom is -0.142 e. The predicted octanol–water partition coefficient (Wildman–Crippen LogP) is 3.65. The lowest BCUT2D eigenvalue weighted by atomic mass is 10.2. The molecule has 0 spiro atoms. The van der Waals surface area contributed by atoms with E-state index < -0.39 is 0 Å². The maximum atomic E-state index is 3.29. The summed E-state index contributed by atoms with van der Waals surface area (Å²) in [5, 5.41) is 4.11. The Morgan fingerprint density at radius 1 is 1.31 bits per heavy atom. The second kappa shape index (κ2) is 3.95. The van der Waals surface area contributed by atoms with Gasteiger partial charge in [0.15, 0.2) is 0 Å². The topological polar surface area (TPSA) is 0 Å². The van der Waals surface area contributed by atoms with Gasteiger partial charge in [0, 0.05) is 21.0 Å².